The number of likely N-dealkylation sites (tertiary alicyclic amines) is 1. The summed E-state index contributed by atoms with van der Waals surface area (Å²) in [6.45, 7) is 4.36. The van der Waals surface area contributed by atoms with Crippen LogP contribution in [-0.4, -0.2) is 43.3 Å². The van der Waals surface area contributed by atoms with Crippen molar-refractivity contribution < 1.29 is 4.74 Å². The Bertz CT molecular complexity index is 821. The molecule has 0 aromatic heterocycles. The van der Waals surface area contributed by atoms with Gasteiger partial charge in [-0.3, -0.25) is 0 Å². The Hall–Kier alpha value is -2.11. The molecule has 0 amide bonds. The van der Waals surface area contributed by atoms with Gasteiger partial charge in [-0.05, 0) is 75.1 Å². The number of aryl methyl sites for hydroxylation is 1. The summed E-state index contributed by atoms with van der Waals surface area (Å²) < 4.78 is 5.24. The largest absolute Gasteiger partial charge is 0.497 e. The van der Waals surface area contributed by atoms with Gasteiger partial charge in [-0.2, -0.15) is 0 Å². The first-order valence-corrected chi connectivity index (χ1v) is 9.51. The van der Waals surface area contributed by atoms with Gasteiger partial charge in [-0.1, -0.05) is 17.7 Å². The fourth-order valence-corrected chi connectivity index (χ4v) is 4.56. The molecular formula is C21H25N3OS. The molecule has 1 saturated heterocycles. The van der Waals surface area contributed by atoms with Crippen LogP contribution in [0.2, 0.25) is 0 Å². The van der Waals surface area contributed by atoms with Crippen LogP contribution in [0.25, 0.3) is 0 Å². The Kier molecular flexibility index (Phi) is 4.59. The van der Waals surface area contributed by atoms with Crippen LogP contribution in [0.3, 0.4) is 0 Å². The van der Waals surface area contributed by atoms with E-state index in [0.717, 1.165) is 36.1 Å². The number of likely N-dealkylation sites (N-methyl/N-ethyl adjacent to an activating group) is 1. The van der Waals surface area contributed by atoms with Crippen LogP contribution in [0.4, 0.5) is 11.4 Å². The van der Waals surface area contributed by atoms with E-state index in [9.17, 15) is 0 Å². The lowest BCUT2D eigenvalue weighted by molar-refractivity contribution is 0.237. The number of hydrogen-bond acceptors (Lipinski definition) is 3. The smallest absolute Gasteiger partial charge is 0.178 e. The second kappa shape index (κ2) is 6.89. The van der Waals surface area contributed by atoms with Crippen molar-refractivity contribution in [1.82, 2.24) is 4.90 Å². The van der Waals surface area contributed by atoms with E-state index in [1.165, 1.54) is 16.8 Å². The summed E-state index contributed by atoms with van der Waals surface area (Å²) in [5, 5.41) is 4.20. The highest BCUT2D eigenvalue weighted by molar-refractivity contribution is 7.80. The Morgan fingerprint density at radius 1 is 1.19 bits per heavy atom. The first kappa shape index (κ1) is 17.3. The Morgan fingerprint density at radius 2 is 1.96 bits per heavy atom. The average Bonchev–Trinajstić information content (AvgIpc) is 2.95. The number of methoxy groups -OCH3 is 1. The van der Waals surface area contributed by atoms with E-state index in [-0.39, 0.29) is 0 Å². The molecule has 1 N–H and O–H groups in total. The Labute approximate surface area is 160 Å². The van der Waals surface area contributed by atoms with Gasteiger partial charge in [-0.25, -0.2) is 0 Å². The summed E-state index contributed by atoms with van der Waals surface area (Å²) in [6, 6.07) is 15.1. The fraction of sp³-hybridized carbons (Fsp3) is 0.381. The number of thiocarbonyl (C=S) groups is 1. The lowest BCUT2D eigenvalue weighted by Gasteiger charge is -2.37. The third kappa shape index (κ3) is 3.06. The van der Waals surface area contributed by atoms with Crippen LogP contribution in [0, 0.1) is 6.92 Å². The summed E-state index contributed by atoms with van der Waals surface area (Å²) in [6.07, 6.45) is 1.12. The van der Waals surface area contributed by atoms with E-state index >= 15 is 0 Å². The molecule has 2 aromatic carbocycles. The monoisotopic (exact) mass is 367 g/mol. The maximum Gasteiger partial charge on any atom is 0.178 e. The molecule has 0 unspecified atom stereocenters. The van der Waals surface area contributed by atoms with Crippen molar-refractivity contribution in [1.29, 1.82) is 0 Å². The number of nitrogens with zero attached hydrogens (tertiary/aromatic N) is 2. The minimum Gasteiger partial charge on any atom is -0.497 e. The zero-order chi connectivity index (χ0) is 18.3. The molecule has 2 heterocycles. The summed E-state index contributed by atoms with van der Waals surface area (Å²) >= 11 is 5.83. The summed E-state index contributed by atoms with van der Waals surface area (Å²) in [5.41, 5.74) is 4.99. The van der Waals surface area contributed by atoms with Gasteiger partial charge in [0.05, 0.1) is 7.11 Å². The van der Waals surface area contributed by atoms with Crippen molar-refractivity contribution in [2.24, 2.45) is 0 Å². The number of hydrogen-bond donors (Lipinski definition) is 1. The van der Waals surface area contributed by atoms with E-state index in [4.69, 9.17) is 17.0 Å². The molecule has 5 heteroatoms. The minimum atomic E-state index is 0.432. The van der Waals surface area contributed by atoms with Gasteiger partial charge in [0.2, 0.25) is 0 Å². The number of piperidine rings is 1. The molecule has 0 aliphatic carbocycles. The number of fused-ring (bicyclic) bond motifs is 3. The molecule has 0 spiro atoms. The summed E-state index contributed by atoms with van der Waals surface area (Å²) in [4.78, 5) is 4.77. The van der Waals surface area contributed by atoms with Crippen molar-refractivity contribution in [2.75, 3.05) is 37.5 Å². The molecule has 2 aliphatic heterocycles. The highest BCUT2D eigenvalue weighted by Gasteiger charge is 2.42. The van der Waals surface area contributed by atoms with Gasteiger partial charge in [0, 0.05) is 29.9 Å². The topological polar surface area (TPSA) is 27.7 Å². The number of nitrogens with one attached hydrogen (secondary N) is 1. The number of anilines is 2. The standard InChI is InChI=1S/C21H25N3OS/c1-14-4-9-19-17(12-14)18-13-23(2)11-10-20(18)24(19)21(26)22-15-5-7-16(25-3)8-6-15/h4-9,12,18,20H,10-11,13H2,1-3H3,(H,22,26)/t18-,20-/m0/s1. The van der Waals surface area contributed by atoms with Gasteiger partial charge in [0.15, 0.2) is 5.11 Å². The Balaban J connectivity index is 1.63. The third-order valence-corrected chi connectivity index (χ3v) is 5.81. The molecule has 0 radical (unpaired) electrons. The molecule has 4 nitrogen and oxygen atoms in total. The number of benzene rings is 2. The van der Waals surface area contributed by atoms with E-state index in [1.807, 2.05) is 24.3 Å². The van der Waals surface area contributed by atoms with Crippen molar-refractivity contribution in [2.45, 2.75) is 25.3 Å². The number of rotatable bonds is 2. The Morgan fingerprint density at radius 3 is 2.69 bits per heavy atom. The van der Waals surface area contributed by atoms with Crippen molar-refractivity contribution >= 4 is 28.7 Å². The van der Waals surface area contributed by atoms with Gasteiger partial charge in [0.1, 0.15) is 5.75 Å². The fourth-order valence-electron chi connectivity index (χ4n) is 4.20. The van der Waals surface area contributed by atoms with E-state index in [0.29, 0.717) is 12.0 Å². The van der Waals surface area contributed by atoms with Gasteiger partial charge < -0.3 is 19.9 Å². The second-order valence-electron chi connectivity index (χ2n) is 7.32. The molecule has 1 fully saturated rings. The van der Waals surface area contributed by atoms with Crippen molar-refractivity contribution in [3.63, 3.8) is 0 Å². The van der Waals surface area contributed by atoms with Crippen LogP contribution in [0.1, 0.15) is 23.5 Å². The van der Waals surface area contributed by atoms with Crippen LogP contribution < -0.4 is 15.0 Å². The summed E-state index contributed by atoms with van der Waals surface area (Å²) in [7, 11) is 3.89. The predicted molar refractivity (Wildman–Crippen MR) is 112 cm³/mol. The first-order chi connectivity index (χ1) is 12.6. The molecule has 2 aliphatic rings. The zero-order valence-corrected chi connectivity index (χ0v) is 16.3. The van der Waals surface area contributed by atoms with Crippen molar-refractivity contribution in [3.05, 3.63) is 53.6 Å². The van der Waals surface area contributed by atoms with Gasteiger partial charge in [0.25, 0.3) is 0 Å². The molecule has 2 aromatic rings. The second-order valence-corrected chi connectivity index (χ2v) is 7.70. The van der Waals surface area contributed by atoms with Crippen LogP contribution in [0.5, 0.6) is 5.75 Å². The quantitative estimate of drug-likeness (QED) is 0.810. The molecule has 0 saturated carbocycles. The van der Waals surface area contributed by atoms with E-state index < -0.39 is 0 Å². The molecule has 4 rings (SSSR count). The van der Waals surface area contributed by atoms with Crippen LogP contribution in [-0.2, 0) is 0 Å². The average molecular weight is 368 g/mol. The number of ether oxygens (including phenoxy) is 1. The van der Waals surface area contributed by atoms with Crippen LogP contribution in [0.15, 0.2) is 42.5 Å². The van der Waals surface area contributed by atoms with Crippen molar-refractivity contribution in [3.8, 4) is 5.75 Å². The first-order valence-electron chi connectivity index (χ1n) is 9.10. The third-order valence-electron chi connectivity index (χ3n) is 5.51. The molecule has 136 valence electrons. The maximum atomic E-state index is 5.83. The minimum absolute atomic E-state index is 0.432. The van der Waals surface area contributed by atoms with Crippen LogP contribution >= 0.6 is 12.2 Å². The zero-order valence-electron chi connectivity index (χ0n) is 15.5. The highest BCUT2D eigenvalue weighted by Crippen LogP contribution is 2.45. The van der Waals surface area contributed by atoms with Gasteiger partial charge in [-0.15, -0.1) is 0 Å². The molecule has 0 bridgehead atoms. The lowest BCUT2D eigenvalue weighted by Crippen LogP contribution is -2.48. The van der Waals surface area contributed by atoms with E-state index in [1.54, 1.807) is 7.11 Å². The lowest BCUT2D eigenvalue weighted by atomic mass is 9.89. The molecule has 2 atom stereocenters. The summed E-state index contributed by atoms with van der Waals surface area (Å²) in [5.74, 6) is 1.36. The normalized spacial score (nSPS) is 21.9. The highest BCUT2D eigenvalue weighted by atomic mass is 32.1. The SMILES string of the molecule is COc1ccc(NC(=S)N2c3ccc(C)cc3[C@@H]3CN(C)CC[C@@H]32)cc1. The van der Waals surface area contributed by atoms with Gasteiger partial charge >= 0.3 is 0 Å². The molecule has 26 heavy (non-hydrogen) atoms. The maximum absolute atomic E-state index is 5.83. The van der Waals surface area contributed by atoms with E-state index in [2.05, 4.69) is 47.3 Å². The predicted octanol–water partition coefficient (Wildman–Crippen LogP) is 4.01. The molecular weight excluding hydrogens is 342 g/mol.